The summed E-state index contributed by atoms with van der Waals surface area (Å²) in [7, 11) is 0. The molecule has 5 heteroatoms. The summed E-state index contributed by atoms with van der Waals surface area (Å²) in [5.74, 6) is 0.780. The van der Waals surface area contributed by atoms with Crippen molar-refractivity contribution in [2.45, 2.75) is 13.8 Å². The highest BCUT2D eigenvalue weighted by molar-refractivity contribution is 6.41. The molecule has 96 valence electrons. The van der Waals surface area contributed by atoms with Gasteiger partial charge in [-0.25, -0.2) is 9.97 Å². The van der Waals surface area contributed by atoms with Crippen LogP contribution in [0.5, 0.6) is 0 Å². The van der Waals surface area contributed by atoms with Crippen LogP contribution in [0.15, 0.2) is 24.3 Å². The Balaban J connectivity index is 2.23. The van der Waals surface area contributed by atoms with E-state index >= 15 is 0 Å². The number of aryl methyl sites for hydroxylation is 2. The van der Waals surface area contributed by atoms with Gasteiger partial charge < -0.3 is 4.98 Å². The molecule has 19 heavy (non-hydrogen) atoms. The minimum atomic E-state index is 0.271. The van der Waals surface area contributed by atoms with Gasteiger partial charge in [-0.1, -0.05) is 40.9 Å². The first-order valence-electron chi connectivity index (χ1n) is 5.84. The summed E-state index contributed by atoms with van der Waals surface area (Å²) in [6.45, 7) is 4.10. The third-order valence-corrected chi connectivity index (χ3v) is 3.71. The lowest BCUT2D eigenvalue weighted by atomic mass is 10.1. The van der Waals surface area contributed by atoms with Gasteiger partial charge in [-0.2, -0.15) is 0 Å². The molecule has 3 nitrogen and oxygen atoms in total. The molecule has 0 aliphatic rings. The lowest BCUT2D eigenvalue weighted by Gasteiger charge is -2.03. The van der Waals surface area contributed by atoms with Crippen LogP contribution in [-0.4, -0.2) is 15.0 Å². The molecule has 0 bridgehead atoms. The van der Waals surface area contributed by atoms with E-state index in [0.717, 1.165) is 22.5 Å². The number of imidazole rings is 1. The van der Waals surface area contributed by atoms with Crippen molar-refractivity contribution in [2.24, 2.45) is 0 Å². The Hall–Kier alpha value is -1.58. The number of hydrogen-bond acceptors (Lipinski definition) is 2. The zero-order chi connectivity index (χ0) is 13.6. The molecular weight excluding hydrogens is 281 g/mol. The van der Waals surface area contributed by atoms with Crippen LogP contribution < -0.4 is 0 Å². The van der Waals surface area contributed by atoms with Crippen LogP contribution in [0, 0.1) is 13.8 Å². The first kappa shape index (κ1) is 12.5. The van der Waals surface area contributed by atoms with Crippen LogP contribution in [0.3, 0.4) is 0 Å². The van der Waals surface area contributed by atoms with Crippen molar-refractivity contribution in [2.75, 3.05) is 0 Å². The summed E-state index contributed by atoms with van der Waals surface area (Å²) >= 11 is 11.9. The van der Waals surface area contributed by atoms with Crippen molar-refractivity contribution in [3.8, 4) is 11.4 Å². The van der Waals surface area contributed by atoms with Crippen LogP contribution >= 0.6 is 23.2 Å². The van der Waals surface area contributed by atoms with E-state index in [-0.39, 0.29) is 5.15 Å². The predicted molar refractivity (Wildman–Crippen MR) is 78.8 cm³/mol. The third kappa shape index (κ3) is 2.20. The molecule has 0 saturated heterocycles. The van der Waals surface area contributed by atoms with Crippen LogP contribution in [0.1, 0.15) is 11.1 Å². The number of rotatable bonds is 1. The third-order valence-electron chi connectivity index (χ3n) is 3.03. The Kier molecular flexibility index (Phi) is 2.96. The molecule has 0 aliphatic heterocycles. The van der Waals surface area contributed by atoms with E-state index < -0.39 is 0 Å². The quantitative estimate of drug-likeness (QED) is 0.668. The molecule has 2 heterocycles. The van der Waals surface area contributed by atoms with Gasteiger partial charge in [0.15, 0.2) is 5.65 Å². The summed E-state index contributed by atoms with van der Waals surface area (Å²) < 4.78 is 0. The number of pyridine rings is 1. The van der Waals surface area contributed by atoms with Crippen LogP contribution in [0.2, 0.25) is 10.2 Å². The predicted octanol–water partition coefficient (Wildman–Crippen LogP) is 4.55. The fourth-order valence-corrected chi connectivity index (χ4v) is 2.30. The van der Waals surface area contributed by atoms with Crippen molar-refractivity contribution in [3.63, 3.8) is 0 Å². The lowest BCUT2D eigenvalue weighted by molar-refractivity contribution is 1.27. The number of fused-ring (bicyclic) bond motifs is 1. The molecule has 3 aromatic rings. The number of H-pyrrole nitrogens is 1. The van der Waals surface area contributed by atoms with Gasteiger partial charge >= 0.3 is 0 Å². The summed E-state index contributed by atoms with van der Waals surface area (Å²) in [5, 5.41) is 0.693. The second kappa shape index (κ2) is 4.51. The average molecular weight is 292 g/mol. The summed E-state index contributed by atoms with van der Waals surface area (Å²) in [5.41, 5.74) is 4.76. The van der Waals surface area contributed by atoms with Crippen LogP contribution in [0.4, 0.5) is 0 Å². The highest BCUT2D eigenvalue weighted by Gasteiger charge is 2.11. The standard InChI is InChI=1S/C14H11Cl2N3/c1-7-3-4-8(2)9(5-7)13-17-11-6-10(15)12(16)18-14(11)19-13/h3-6H,1-2H3,(H,17,18,19). The van der Waals surface area contributed by atoms with Crippen LogP contribution in [0.25, 0.3) is 22.6 Å². The Morgan fingerprint density at radius 1 is 1.05 bits per heavy atom. The number of nitrogens with one attached hydrogen (secondary N) is 1. The molecule has 1 N–H and O–H groups in total. The molecule has 0 fully saturated rings. The highest BCUT2D eigenvalue weighted by Crippen LogP contribution is 2.27. The summed E-state index contributed by atoms with van der Waals surface area (Å²) in [6, 6.07) is 7.99. The smallest absolute Gasteiger partial charge is 0.179 e. The summed E-state index contributed by atoms with van der Waals surface area (Å²) in [6.07, 6.45) is 0. The second-order valence-electron chi connectivity index (χ2n) is 4.54. The molecule has 0 amide bonds. The maximum absolute atomic E-state index is 5.96. The molecule has 0 spiro atoms. The summed E-state index contributed by atoms with van der Waals surface area (Å²) in [4.78, 5) is 11.9. The molecule has 3 rings (SSSR count). The van der Waals surface area contributed by atoms with Gasteiger partial charge in [0.05, 0.1) is 10.5 Å². The molecule has 0 unspecified atom stereocenters. The fourth-order valence-electron chi connectivity index (χ4n) is 2.01. The Morgan fingerprint density at radius 3 is 2.63 bits per heavy atom. The van der Waals surface area contributed by atoms with Gasteiger partial charge in [0.1, 0.15) is 11.0 Å². The molecule has 0 aliphatic carbocycles. The van der Waals surface area contributed by atoms with Gasteiger partial charge in [-0.15, -0.1) is 0 Å². The van der Waals surface area contributed by atoms with Gasteiger partial charge in [-0.05, 0) is 31.5 Å². The Bertz CT molecular complexity index is 739. The first-order valence-corrected chi connectivity index (χ1v) is 6.59. The van der Waals surface area contributed by atoms with Gasteiger partial charge in [-0.3, -0.25) is 0 Å². The van der Waals surface area contributed by atoms with Crippen molar-refractivity contribution >= 4 is 34.4 Å². The Morgan fingerprint density at radius 2 is 1.84 bits per heavy atom. The molecular formula is C14H11Cl2N3. The van der Waals surface area contributed by atoms with E-state index in [4.69, 9.17) is 23.2 Å². The van der Waals surface area contributed by atoms with Gasteiger partial charge in [0.2, 0.25) is 0 Å². The molecule has 0 saturated carbocycles. The molecule has 0 radical (unpaired) electrons. The second-order valence-corrected chi connectivity index (χ2v) is 5.30. The normalized spacial score (nSPS) is 11.2. The maximum Gasteiger partial charge on any atom is 0.179 e. The lowest BCUT2D eigenvalue weighted by Crippen LogP contribution is -1.86. The average Bonchev–Trinajstić information content (AvgIpc) is 2.75. The van der Waals surface area contributed by atoms with E-state index in [2.05, 4.69) is 47.0 Å². The molecule has 0 atom stereocenters. The number of aromatic nitrogens is 3. The van der Waals surface area contributed by atoms with E-state index in [1.54, 1.807) is 6.07 Å². The molecule has 1 aromatic carbocycles. The van der Waals surface area contributed by atoms with Gasteiger partial charge in [0.25, 0.3) is 0 Å². The molecule has 2 aromatic heterocycles. The number of aromatic amines is 1. The van der Waals surface area contributed by atoms with Crippen molar-refractivity contribution in [1.82, 2.24) is 15.0 Å². The Labute approximate surface area is 120 Å². The van der Waals surface area contributed by atoms with Crippen molar-refractivity contribution in [3.05, 3.63) is 45.6 Å². The first-order chi connectivity index (χ1) is 9.04. The van der Waals surface area contributed by atoms with E-state index in [1.165, 1.54) is 5.56 Å². The number of halogens is 2. The maximum atomic E-state index is 5.96. The zero-order valence-corrected chi connectivity index (χ0v) is 12.0. The highest BCUT2D eigenvalue weighted by atomic mass is 35.5. The number of benzene rings is 1. The monoisotopic (exact) mass is 291 g/mol. The van der Waals surface area contributed by atoms with E-state index in [1.807, 2.05) is 0 Å². The minimum absolute atomic E-state index is 0.271. The topological polar surface area (TPSA) is 41.6 Å². The number of nitrogens with zero attached hydrogens (tertiary/aromatic N) is 2. The number of hydrogen-bond donors (Lipinski definition) is 1. The van der Waals surface area contributed by atoms with Gasteiger partial charge in [0, 0.05) is 5.56 Å². The van der Waals surface area contributed by atoms with Crippen molar-refractivity contribution in [1.29, 1.82) is 0 Å². The van der Waals surface area contributed by atoms with Crippen LogP contribution in [-0.2, 0) is 0 Å². The van der Waals surface area contributed by atoms with E-state index in [9.17, 15) is 0 Å². The minimum Gasteiger partial charge on any atom is -0.337 e. The SMILES string of the molecule is Cc1ccc(C)c(-c2nc3nc(Cl)c(Cl)cc3[nH]2)c1. The largest absolute Gasteiger partial charge is 0.337 e. The van der Waals surface area contributed by atoms with E-state index in [0.29, 0.717) is 10.7 Å². The zero-order valence-electron chi connectivity index (χ0n) is 10.5. The fraction of sp³-hybridized carbons (Fsp3) is 0.143. The van der Waals surface area contributed by atoms with Crippen molar-refractivity contribution < 1.29 is 0 Å².